The zero-order chi connectivity index (χ0) is 20.7. The minimum absolute atomic E-state index is 0.0197. The minimum Gasteiger partial charge on any atom is -0.389 e. The van der Waals surface area contributed by atoms with Crippen molar-refractivity contribution in [3.05, 3.63) is 82.7 Å². The molecule has 2 aromatic carbocycles. The Hall–Kier alpha value is -2.96. The fourth-order valence-corrected chi connectivity index (χ4v) is 4.49. The topological polar surface area (TPSA) is 67.6 Å². The average molecular weight is 403 g/mol. The fourth-order valence-electron chi connectivity index (χ4n) is 4.49. The van der Waals surface area contributed by atoms with Crippen LogP contribution in [0.25, 0.3) is 5.69 Å². The van der Waals surface area contributed by atoms with Crippen LogP contribution in [0, 0.1) is 6.92 Å². The summed E-state index contributed by atoms with van der Waals surface area (Å²) in [4.78, 5) is 14.9. The monoisotopic (exact) mass is 403 g/mol. The Bertz CT molecular complexity index is 1060. The third-order valence-electron chi connectivity index (χ3n) is 6.18. The van der Waals surface area contributed by atoms with Gasteiger partial charge in [0.15, 0.2) is 0 Å². The van der Waals surface area contributed by atoms with Gasteiger partial charge in [-0.15, -0.1) is 0 Å². The van der Waals surface area contributed by atoms with Gasteiger partial charge in [0.05, 0.1) is 24.4 Å². The van der Waals surface area contributed by atoms with Crippen LogP contribution in [0.4, 0.5) is 0 Å². The largest absolute Gasteiger partial charge is 0.389 e. The number of ether oxygens (including phenoxy) is 1. The Morgan fingerprint density at radius 2 is 2.07 bits per heavy atom. The molecule has 2 aliphatic heterocycles. The number of benzene rings is 2. The van der Waals surface area contributed by atoms with E-state index in [0.717, 1.165) is 28.8 Å². The third-order valence-corrected chi connectivity index (χ3v) is 6.18. The van der Waals surface area contributed by atoms with Gasteiger partial charge < -0.3 is 14.7 Å². The van der Waals surface area contributed by atoms with E-state index in [1.807, 2.05) is 27.9 Å². The lowest BCUT2D eigenvalue weighted by Gasteiger charge is -2.34. The van der Waals surface area contributed by atoms with Crippen molar-refractivity contribution in [1.29, 1.82) is 0 Å². The van der Waals surface area contributed by atoms with Crippen molar-refractivity contribution in [2.75, 3.05) is 13.2 Å². The molecule has 1 fully saturated rings. The number of carbonyl (C=O) groups is 1. The van der Waals surface area contributed by atoms with Gasteiger partial charge in [0.1, 0.15) is 0 Å². The maximum atomic E-state index is 13.1. The second-order valence-corrected chi connectivity index (χ2v) is 8.16. The molecule has 0 aliphatic carbocycles. The zero-order valence-corrected chi connectivity index (χ0v) is 17.0. The van der Waals surface area contributed by atoms with E-state index in [-0.39, 0.29) is 11.9 Å². The maximum Gasteiger partial charge on any atom is 0.254 e. The SMILES string of the molecule is Cc1cc2c(cc1Cc1ccc(-n3cccn3)cc1)C(=O)N([C@H]1CCOC[C@@H]1O)C2. The molecule has 3 heterocycles. The van der Waals surface area contributed by atoms with Gasteiger partial charge in [0, 0.05) is 31.1 Å². The van der Waals surface area contributed by atoms with Gasteiger partial charge in [-0.1, -0.05) is 18.2 Å². The summed E-state index contributed by atoms with van der Waals surface area (Å²) in [6, 6.07) is 14.2. The number of rotatable bonds is 4. The summed E-state index contributed by atoms with van der Waals surface area (Å²) >= 11 is 0. The number of aliphatic hydroxyl groups excluding tert-OH is 1. The molecule has 30 heavy (non-hydrogen) atoms. The number of hydrogen-bond acceptors (Lipinski definition) is 4. The highest BCUT2D eigenvalue weighted by molar-refractivity contribution is 5.99. The summed E-state index contributed by atoms with van der Waals surface area (Å²) in [5, 5.41) is 14.6. The molecular formula is C24H25N3O3. The van der Waals surface area contributed by atoms with Gasteiger partial charge in [-0.3, -0.25) is 4.79 Å². The van der Waals surface area contributed by atoms with E-state index in [2.05, 4.69) is 42.4 Å². The van der Waals surface area contributed by atoms with E-state index in [4.69, 9.17) is 4.74 Å². The predicted octanol–water partition coefficient (Wildman–Crippen LogP) is 2.88. The Labute approximate surface area is 175 Å². The first-order chi connectivity index (χ1) is 14.6. The van der Waals surface area contributed by atoms with Gasteiger partial charge in [-0.2, -0.15) is 5.10 Å². The summed E-state index contributed by atoms with van der Waals surface area (Å²) in [6.45, 7) is 3.55. The molecule has 0 unspecified atom stereocenters. The van der Waals surface area contributed by atoms with Gasteiger partial charge in [0.2, 0.25) is 0 Å². The second-order valence-electron chi connectivity index (χ2n) is 8.16. The highest BCUT2D eigenvalue weighted by atomic mass is 16.5. The van der Waals surface area contributed by atoms with Crippen LogP contribution < -0.4 is 0 Å². The van der Waals surface area contributed by atoms with Crippen molar-refractivity contribution in [1.82, 2.24) is 14.7 Å². The van der Waals surface area contributed by atoms with E-state index in [1.165, 1.54) is 11.1 Å². The predicted molar refractivity (Wildman–Crippen MR) is 113 cm³/mol. The molecule has 2 atom stereocenters. The average Bonchev–Trinajstić information content (AvgIpc) is 3.39. The number of fused-ring (bicyclic) bond motifs is 1. The van der Waals surface area contributed by atoms with Crippen molar-refractivity contribution in [2.45, 2.75) is 38.5 Å². The van der Waals surface area contributed by atoms with Crippen LogP contribution in [0.5, 0.6) is 0 Å². The normalized spacial score (nSPS) is 21.1. The van der Waals surface area contributed by atoms with Crippen LogP contribution in [0.1, 0.15) is 39.0 Å². The molecule has 0 bridgehead atoms. The van der Waals surface area contributed by atoms with Crippen molar-refractivity contribution < 1.29 is 14.6 Å². The highest BCUT2D eigenvalue weighted by Crippen LogP contribution is 2.31. The lowest BCUT2D eigenvalue weighted by atomic mass is 9.95. The Kier molecular flexibility index (Phi) is 4.89. The Morgan fingerprint density at radius 1 is 1.23 bits per heavy atom. The molecule has 154 valence electrons. The number of aliphatic hydroxyl groups is 1. The summed E-state index contributed by atoms with van der Waals surface area (Å²) in [6.07, 6.45) is 4.51. The number of aromatic nitrogens is 2. The second kappa shape index (κ2) is 7.70. The fraction of sp³-hybridized carbons (Fsp3) is 0.333. The molecule has 1 N–H and O–H groups in total. The first-order valence-electron chi connectivity index (χ1n) is 10.4. The molecular weight excluding hydrogens is 378 g/mol. The van der Waals surface area contributed by atoms with Gasteiger partial charge >= 0.3 is 0 Å². The van der Waals surface area contributed by atoms with E-state index in [0.29, 0.717) is 26.2 Å². The smallest absolute Gasteiger partial charge is 0.254 e. The van der Waals surface area contributed by atoms with E-state index >= 15 is 0 Å². The molecule has 1 amide bonds. The summed E-state index contributed by atoms with van der Waals surface area (Å²) in [5.74, 6) is 0.0197. The van der Waals surface area contributed by atoms with E-state index < -0.39 is 6.10 Å². The van der Waals surface area contributed by atoms with Crippen molar-refractivity contribution >= 4 is 5.91 Å². The van der Waals surface area contributed by atoms with Crippen molar-refractivity contribution in [3.63, 3.8) is 0 Å². The van der Waals surface area contributed by atoms with E-state index in [1.54, 1.807) is 6.20 Å². The van der Waals surface area contributed by atoms with Crippen LogP contribution in [-0.2, 0) is 17.7 Å². The van der Waals surface area contributed by atoms with E-state index in [9.17, 15) is 9.90 Å². The van der Waals surface area contributed by atoms with Crippen molar-refractivity contribution in [2.24, 2.45) is 0 Å². The highest BCUT2D eigenvalue weighted by Gasteiger charge is 2.37. The summed E-state index contributed by atoms with van der Waals surface area (Å²) in [7, 11) is 0. The lowest BCUT2D eigenvalue weighted by molar-refractivity contribution is -0.0572. The number of carbonyl (C=O) groups excluding carboxylic acids is 1. The molecule has 0 saturated carbocycles. The molecule has 6 nitrogen and oxygen atoms in total. The first-order valence-corrected chi connectivity index (χ1v) is 10.4. The van der Waals surface area contributed by atoms with Crippen LogP contribution >= 0.6 is 0 Å². The minimum atomic E-state index is -0.620. The number of nitrogens with zero attached hydrogens (tertiary/aromatic N) is 3. The van der Waals surface area contributed by atoms with Crippen LogP contribution in [0.2, 0.25) is 0 Å². The Morgan fingerprint density at radius 3 is 2.80 bits per heavy atom. The zero-order valence-electron chi connectivity index (χ0n) is 17.0. The number of aryl methyl sites for hydroxylation is 1. The van der Waals surface area contributed by atoms with Crippen molar-refractivity contribution in [3.8, 4) is 5.69 Å². The third kappa shape index (κ3) is 3.42. The summed E-state index contributed by atoms with van der Waals surface area (Å²) < 4.78 is 7.16. The molecule has 1 aromatic heterocycles. The Balaban J connectivity index is 1.37. The lowest BCUT2D eigenvalue weighted by Crippen LogP contribution is -2.49. The molecule has 0 spiro atoms. The maximum absolute atomic E-state index is 13.1. The van der Waals surface area contributed by atoms with Crippen LogP contribution in [-0.4, -0.2) is 51.1 Å². The number of hydrogen-bond donors (Lipinski definition) is 1. The van der Waals surface area contributed by atoms with Gasteiger partial charge in [-0.05, 0) is 66.3 Å². The van der Waals surface area contributed by atoms with Crippen LogP contribution in [0.15, 0.2) is 54.9 Å². The quantitative estimate of drug-likeness (QED) is 0.727. The molecule has 1 saturated heterocycles. The molecule has 5 rings (SSSR count). The summed E-state index contributed by atoms with van der Waals surface area (Å²) in [5.41, 5.74) is 6.37. The molecule has 2 aliphatic rings. The molecule has 6 heteroatoms. The van der Waals surface area contributed by atoms with Gasteiger partial charge in [0.25, 0.3) is 5.91 Å². The number of amides is 1. The van der Waals surface area contributed by atoms with Gasteiger partial charge in [-0.25, -0.2) is 4.68 Å². The molecule has 3 aromatic rings. The first kappa shape index (κ1) is 19.0. The standard InChI is InChI=1S/C24H25N3O3/c1-16-11-19-14-26(22-7-10-30-15-23(22)28)24(29)21(19)13-18(16)12-17-3-5-20(6-4-17)27-9-2-8-25-27/h2-6,8-9,11,13,22-23,28H,7,10,12,14-15H2,1H3/t22-,23-/m0/s1. The molecule has 0 radical (unpaired) electrons. The van der Waals surface area contributed by atoms with Crippen LogP contribution in [0.3, 0.4) is 0 Å².